The lowest BCUT2D eigenvalue weighted by atomic mass is 9.92. The molecule has 8 nitrogen and oxygen atoms in total. The highest BCUT2D eigenvalue weighted by molar-refractivity contribution is 7.14. The number of anilines is 1. The van der Waals surface area contributed by atoms with Crippen molar-refractivity contribution in [1.82, 2.24) is 9.88 Å². The number of ether oxygens (including phenoxy) is 2. The van der Waals surface area contributed by atoms with Crippen LogP contribution >= 0.6 is 11.3 Å². The van der Waals surface area contributed by atoms with Crippen LogP contribution in [0.4, 0.5) is 18.3 Å². The predicted molar refractivity (Wildman–Crippen MR) is 139 cm³/mol. The van der Waals surface area contributed by atoms with Gasteiger partial charge in [0.2, 0.25) is 5.82 Å². The highest BCUT2D eigenvalue weighted by Crippen LogP contribution is 2.38. The van der Waals surface area contributed by atoms with Crippen LogP contribution in [0.5, 0.6) is 5.75 Å². The summed E-state index contributed by atoms with van der Waals surface area (Å²) in [6.45, 7) is 1.91. The summed E-state index contributed by atoms with van der Waals surface area (Å²) in [6.07, 6.45) is 0.161. The van der Waals surface area contributed by atoms with Crippen LogP contribution in [-0.4, -0.2) is 59.7 Å². The van der Waals surface area contributed by atoms with E-state index in [2.05, 4.69) is 4.98 Å². The van der Waals surface area contributed by atoms with Crippen molar-refractivity contribution in [3.05, 3.63) is 63.8 Å². The van der Waals surface area contributed by atoms with Gasteiger partial charge in [0.1, 0.15) is 18.2 Å². The Morgan fingerprint density at radius 1 is 1.02 bits per heavy atom. The maximum absolute atomic E-state index is 15.6. The van der Waals surface area contributed by atoms with Crippen molar-refractivity contribution in [3.8, 4) is 17.0 Å². The van der Waals surface area contributed by atoms with Gasteiger partial charge in [-0.1, -0.05) is 6.07 Å². The molecule has 2 aromatic carbocycles. The number of rotatable bonds is 6. The average molecular weight is 572 g/mol. The molecule has 2 fully saturated rings. The molecule has 6 rings (SSSR count). The number of Topliss-reactive ketones (excluding diaryl/α,β-unsaturated/α-hetero) is 2. The molecule has 1 aliphatic carbocycles. The minimum atomic E-state index is -1.22. The molecule has 3 heterocycles. The zero-order valence-corrected chi connectivity index (χ0v) is 22.1. The van der Waals surface area contributed by atoms with Gasteiger partial charge in [0.05, 0.1) is 37.9 Å². The number of halogens is 3. The van der Waals surface area contributed by atoms with E-state index in [0.717, 1.165) is 6.07 Å². The second-order valence-corrected chi connectivity index (χ2v) is 10.7. The van der Waals surface area contributed by atoms with Gasteiger partial charge in [0.15, 0.2) is 22.5 Å². The number of fused-ring (bicyclic) bond motifs is 1. The van der Waals surface area contributed by atoms with Gasteiger partial charge in [-0.3, -0.25) is 14.4 Å². The number of thiazole rings is 1. The fraction of sp³-hybridized carbons (Fsp3) is 0.357. The van der Waals surface area contributed by atoms with Crippen molar-refractivity contribution in [2.75, 3.05) is 31.2 Å². The van der Waals surface area contributed by atoms with Crippen LogP contribution in [-0.2, 0) is 27.5 Å². The fourth-order valence-corrected chi connectivity index (χ4v) is 6.17. The Kier molecular flexibility index (Phi) is 7.05. The molecule has 1 saturated heterocycles. The largest absolute Gasteiger partial charge is 0.485 e. The fourth-order valence-electron chi connectivity index (χ4n) is 5.29. The first-order chi connectivity index (χ1) is 19.3. The Balaban J connectivity index is 1.23. The summed E-state index contributed by atoms with van der Waals surface area (Å²) >= 11 is 1.36. The first kappa shape index (κ1) is 26.5. The molecule has 40 heavy (non-hydrogen) atoms. The first-order valence-corrected chi connectivity index (χ1v) is 13.7. The molecule has 2 aliphatic heterocycles. The second kappa shape index (κ2) is 10.7. The van der Waals surface area contributed by atoms with Crippen molar-refractivity contribution in [1.29, 1.82) is 0 Å². The lowest BCUT2D eigenvalue weighted by Crippen LogP contribution is -2.44. The van der Waals surface area contributed by atoms with Crippen LogP contribution in [0.15, 0.2) is 29.6 Å². The predicted octanol–water partition coefficient (Wildman–Crippen LogP) is 4.29. The maximum atomic E-state index is 15.6. The zero-order valence-electron chi connectivity index (χ0n) is 21.3. The third-order valence-corrected chi connectivity index (χ3v) is 8.33. The number of hydrogen-bond acceptors (Lipinski definition) is 8. The molecule has 12 heteroatoms. The van der Waals surface area contributed by atoms with Gasteiger partial charge in [-0.15, -0.1) is 11.3 Å². The van der Waals surface area contributed by atoms with Crippen molar-refractivity contribution in [2.45, 2.75) is 38.5 Å². The zero-order chi connectivity index (χ0) is 28.0. The Morgan fingerprint density at radius 2 is 1.80 bits per heavy atom. The molecule has 0 radical (unpaired) electrons. The van der Waals surface area contributed by atoms with E-state index in [9.17, 15) is 23.2 Å². The van der Waals surface area contributed by atoms with Crippen LogP contribution < -0.4 is 9.64 Å². The number of aromatic nitrogens is 1. The minimum Gasteiger partial charge on any atom is -0.485 e. The lowest BCUT2D eigenvalue weighted by Gasteiger charge is -2.29. The van der Waals surface area contributed by atoms with Crippen LogP contribution in [0.2, 0.25) is 0 Å². The normalized spacial score (nSPS) is 19.4. The highest BCUT2D eigenvalue weighted by atomic mass is 32.1. The van der Waals surface area contributed by atoms with E-state index in [4.69, 9.17) is 9.47 Å². The Labute approximate surface area is 231 Å². The van der Waals surface area contributed by atoms with E-state index in [-0.39, 0.29) is 59.6 Å². The van der Waals surface area contributed by atoms with E-state index < -0.39 is 41.8 Å². The van der Waals surface area contributed by atoms with Gasteiger partial charge in [0, 0.05) is 47.1 Å². The number of ketones is 2. The standard InChI is InChI=1S/C28H24F3N3O5S/c29-20-5-4-18(21-14-40-28(32-21)33-7-9-38-10-8-33)26(25(20)31)39-13-15-1-3-17-19(24(15)30)12-34(27(17)37)22-6-2-16(35)11-23(22)36/h1,3-5,14,22H,2,6-13H2. The topological polar surface area (TPSA) is 89.0 Å². The average Bonchev–Trinajstić information content (AvgIpc) is 3.57. The van der Waals surface area contributed by atoms with Crippen molar-refractivity contribution < 1.29 is 37.0 Å². The Morgan fingerprint density at radius 3 is 2.58 bits per heavy atom. The lowest BCUT2D eigenvalue weighted by molar-refractivity contribution is -0.133. The smallest absolute Gasteiger partial charge is 0.255 e. The number of benzene rings is 2. The van der Waals surface area contributed by atoms with E-state index in [1.54, 1.807) is 5.38 Å². The van der Waals surface area contributed by atoms with Gasteiger partial charge >= 0.3 is 0 Å². The van der Waals surface area contributed by atoms with E-state index in [1.165, 1.54) is 34.4 Å². The number of amides is 1. The summed E-state index contributed by atoms with van der Waals surface area (Å²) in [4.78, 5) is 44.9. The Hall–Kier alpha value is -3.77. The maximum Gasteiger partial charge on any atom is 0.255 e. The van der Waals surface area contributed by atoms with Crippen molar-refractivity contribution >= 4 is 33.9 Å². The number of carbonyl (C=O) groups excluding carboxylic acids is 3. The number of morpholine rings is 1. The van der Waals surface area contributed by atoms with Crippen LogP contribution in [0.3, 0.4) is 0 Å². The monoisotopic (exact) mass is 571 g/mol. The number of hydrogen-bond donors (Lipinski definition) is 0. The molecule has 1 saturated carbocycles. The molecule has 1 amide bonds. The van der Waals surface area contributed by atoms with E-state index >= 15 is 4.39 Å². The third kappa shape index (κ3) is 4.75. The number of nitrogens with zero attached hydrogens (tertiary/aromatic N) is 3. The minimum absolute atomic E-state index is 0.0421. The SMILES string of the molecule is O=C1CCC(N2Cc3c(ccc(COc4c(-c5csc(N6CCOCC6)n5)ccc(F)c4F)c3F)C2=O)C(=O)C1. The summed E-state index contributed by atoms with van der Waals surface area (Å²) in [5, 5.41) is 2.44. The molecule has 0 spiro atoms. The van der Waals surface area contributed by atoms with Crippen LogP contribution in [0.1, 0.15) is 40.7 Å². The molecular weight excluding hydrogens is 547 g/mol. The van der Waals surface area contributed by atoms with Crippen molar-refractivity contribution in [3.63, 3.8) is 0 Å². The molecule has 0 bridgehead atoms. The van der Waals surface area contributed by atoms with Gasteiger partial charge in [-0.2, -0.15) is 4.39 Å². The van der Waals surface area contributed by atoms with Gasteiger partial charge in [-0.05, 0) is 24.6 Å². The molecule has 1 atom stereocenters. The van der Waals surface area contributed by atoms with E-state index in [1.807, 2.05) is 4.90 Å². The molecule has 1 aromatic heterocycles. The van der Waals surface area contributed by atoms with Crippen LogP contribution in [0.25, 0.3) is 11.3 Å². The van der Waals surface area contributed by atoms with Crippen LogP contribution in [0, 0.1) is 17.5 Å². The second-order valence-electron chi connectivity index (χ2n) is 9.88. The molecule has 3 aromatic rings. The van der Waals surface area contributed by atoms with Gasteiger partial charge < -0.3 is 19.3 Å². The molecule has 208 valence electrons. The molecule has 0 N–H and O–H groups in total. The molecule has 3 aliphatic rings. The third-order valence-electron chi connectivity index (χ3n) is 7.43. The summed E-state index contributed by atoms with van der Waals surface area (Å²) in [7, 11) is 0. The van der Waals surface area contributed by atoms with Crippen molar-refractivity contribution in [2.24, 2.45) is 0 Å². The summed E-state index contributed by atoms with van der Waals surface area (Å²) in [5.41, 5.74) is 0.891. The summed E-state index contributed by atoms with van der Waals surface area (Å²) < 4.78 is 55.8. The molecular formula is C28H24F3N3O5S. The molecule has 1 unspecified atom stereocenters. The number of carbonyl (C=O) groups is 3. The Bertz CT molecular complexity index is 1520. The summed E-state index contributed by atoms with van der Waals surface area (Å²) in [5.74, 6) is -4.44. The highest BCUT2D eigenvalue weighted by Gasteiger charge is 2.40. The quantitative estimate of drug-likeness (QED) is 0.408. The van der Waals surface area contributed by atoms with Gasteiger partial charge in [0.25, 0.3) is 5.91 Å². The first-order valence-electron chi connectivity index (χ1n) is 12.9. The summed E-state index contributed by atoms with van der Waals surface area (Å²) in [6, 6.07) is 4.38. The van der Waals surface area contributed by atoms with E-state index in [0.29, 0.717) is 37.1 Å². The van der Waals surface area contributed by atoms with Gasteiger partial charge in [-0.25, -0.2) is 13.8 Å².